The third-order valence-electron chi connectivity index (χ3n) is 7.55. The first kappa shape index (κ1) is 23.8. The minimum atomic E-state index is -0.658. The zero-order chi connectivity index (χ0) is 25.1. The summed E-state index contributed by atoms with van der Waals surface area (Å²) >= 11 is 6.49. The van der Waals surface area contributed by atoms with Crippen LogP contribution in [0.1, 0.15) is 32.7 Å². The van der Waals surface area contributed by atoms with Crippen molar-refractivity contribution in [3.63, 3.8) is 0 Å². The van der Waals surface area contributed by atoms with Gasteiger partial charge >= 0.3 is 0 Å². The molecule has 192 valence electrons. The highest BCUT2D eigenvalue weighted by Crippen LogP contribution is 2.41. The molecule has 2 aliphatic heterocycles. The zero-order valence-electron chi connectivity index (χ0n) is 20.7. The molecule has 0 spiro atoms. The van der Waals surface area contributed by atoms with Crippen molar-refractivity contribution in [1.29, 1.82) is 0 Å². The molecule has 2 N–H and O–H groups in total. The predicted octanol–water partition coefficient (Wildman–Crippen LogP) is 3.32. The van der Waals surface area contributed by atoms with E-state index in [1.54, 1.807) is 0 Å². The van der Waals surface area contributed by atoms with Crippen LogP contribution in [0.25, 0.3) is 22.3 Å². The van der Waals surface area contributed by atoms with E-state index in [9.17, 15) is 5.11 Å². The second-order valence-electron chi connectivity index (χ2n) is 10.3. The lowest BCUT2D eigenvalue weighted by atomic mass is 10.1. The van der Waals surface area contributed by atoms with E-state index in [1.807, 2.05) is 6.07 Å². The van der Waals surface area contributed by atoms with E-state index in [0.717, 1.165) is 31.0 Å². The van der Waals surface area contributed by atoms with Crippen molar-refractivity contribution in [1.82, 2.24) is 24.4 Å². The van der Waals surface area contributed by atoms with Gasteiger partial charge in [-0.1, -0.05) is 11.6 Å². The van der Waals surface area contributed by atoms with Crippen LogP contribution in [0.4, 0.5) is 16.3 Å². The van der Waals surface area contributed by atoms with Gasteiger partial charge in [0.05, 0.1) is 41.2 Å². The Kier molecular flexibility index (Phi) is 6.02. The Morgan fingerprint density at radius 1 is 1.22 bits per heavy atom. The van der Waals surface area contributed by atoms with E-state index in [1.165, 1.54) is 12.3 Å². The number of nitrogens with one attached hydrogen (secondary N) is 1. The van der Waals surface area contributed by atoms with E-state index in [2.05, 4.69) is 50.5 Å². The van der Waals surface area contributed by atoms with Crippen LogP contribution < -0.4 is 10.2 Å². The largest absolute Gasteiger partial charge is 0.389 e. The summed E-state index contributed by atoms with van der Waals surface area (Å²) in [4.78, 5) is 18.4. The molecule has 1 saturated carbocycles. The molecule has 3 aromatic rings. The van der Waals surface area contributed by atoms with Crippen LogP contribution in [0.3, 0.4) is 0 Å². The van der Waals surface area contributed by atoms with Crippen molar-refractivity contribution in [2.24, 2.45) is 0 Å². The third kappa shape index (κ3) is 4.09. The molecule has 0 radical (unpaired) electrons. The first-order chi connectivity index (χ1) is 17.3. The Labute approximate surface area is 214 Å². The normalized spacial score (nSPS) is 26.5. The minimum absolute atomic E-state index is 0.0876. The van der Waals surface area contributed by atoms with E-state index in [0.29, 0.717) is 52.9 Å². The number of hydrogen-bond donors (Lipinski definition) is 2. The molecule has 3 aliphatic rings. The number of imidazole rings is 1. The van der Waals surface area contributed by atoms with Gasteiger partial charge in [0.25, 0.3) is 0 Å². The van der Waals surface area contributed by atoms with Gasteiger partial charge in [-0.05, 0) is 45.9 Å². The van der Waals surface area contributed by atoms with Gasteiger partial charge in [0.2, 0.25) is 11.9 Å². The van der Waals surface area contributed by atoms with Gasteiger partial charge in [0.1, 0.15) is 5.52 Å². The van der Waals surface area contributed by atoms with Crippen LogP contribution in [0, 0.1) is 5.82 Å². The summed E-state index contributed by atoms with van der Waals surface area (Å²) in [6.07, 6.45) is 2.59. The van der Waals surface area contributed by atoms with Gasteiger partial charge in [0.15, 0.2) is 5.82 Å². The molecule has 2 saturated heterocycles. The molecule has 3 fully saturated rings. The lowest BCUT2D eigenvalue weighted by Crippen LogP contribution is -2.45. The molecule has 0 unspecified atom stereocenters. The second kappa shape index (κ2) is 9.09. The summed E-state index contributed by atoms with van der Waals surface area (Å²) < 4.78 is 22.9. The molecular weight excluding hydrogens is 485 g/mol. The van der Waals surface area contributed by atoms with Crippen molar-refractivity contribution in [3.05, 3.63) is 29.2 Å². The number of aliphatic hydroxyl groups is 1. The summed E-state index contributed by atoms with van der Waals surface area (Å²) in [6.45, 7) is 6.82. The number of halogens is 2. The Bertz CT molecular complexity index is 1300. The number of nitrogens with zero attached hydrogens (tertiary/aromatic N) is 6. The number of hydrogen-bond acceptors (Lipinski definition) is 8. The number of aromatic nitrogens is 4. The predicted molar refractivity (Wildman–Crippen MR) is 137 cm³/mol. The lowest BCUT2D eigenvalue weighted by Gasteiger charge is -2.33. The molecule has 0 amide bonds. The average Bonchev–Trinajstić information content (AvgIpc) is 3.56. The summed E-state index contributed by atoms with van der Waals surface area (Å²) in [7, 11) is 2.16. The van der Waals surface area contributed by atoms with Crippen LogP contribution in [0.5, 0.6) is 0 Å². The highest BCUT2D eigenvalue weighted by molar-refractivity contribution is 6.33. The Morgan fingerprint density at radius 2 is 2.06 bits per heavy atom. The number of fused-ring (bicyclic) bond motifs is 2. The molecular formula is C25H31ClFN7O2. The maximum Gasteiger partial charge on any atom is 0.223 e. The topological polar surface area (TPSA) is 91.6 Å². The fraction of sp³-hybridized carbons (Fsp3) is 0.560. The van der Waals surface area contributed by atoms with E-state index in [4.69, 9.17) is 21.3 Å². The molecule has 36 heavy (non-hydrogen) atoms. The maximum atomic E-state index is 15.5. The van der Waals surface area contributed by atoms with Gasteiger partial charge in [-0.2, -0.15) is 0 Å². The van der Waals surface area contributed by atoms with Crippen LogP contribution in [0.2, 0.25) is 5.02 Å². The fourth-order valence-corrected chi connectivity index (χ4v) is 5.71. The monoisotopic (exact) mass is 515 g/mol. The van der Waals surface area contributed by atoms with Crippen molar-refractivity contribution in [3.8, 4) is 11.3 Å². The van der Waals surface area contributed by atoms with Gasteiger partial charge in [-0.25, -0.2) is 19.3 Å². The molecule has 0 bridgehead atoms. The minimum Gasteiger partial charge on any atom is -0.389 e. The van der Waals surface area contributed by atoms with Crippen LogP contribution >= 0.6 is 11.6 Å². The van der Waals surface area contributed by atoms with Gasteiger partial charge in [-0.15, -0.1) is 0 Å². The SMILES string of the molecule is CC(C)n1c(N2CCN(C)[C@H]3C[C@H]32)nc2c(F)cc(-c3nc(N[C@@H]4CCOC[C@H]4O)ncc3Cl)cc21. The lowest BCUT2D eigenvalue weighted by molar-refractivity contribution is -0.0136. The van der Waals surface area contributed by atoms with E-state index in [-0.39, 0.29) is 18.7 Å². The third-order valence-corrected chi connectivity index (χ3v) is 7.82. The fourth-order valence-electron chi connectivity index (χ4n) is 5.51. The number of rotatable bonds is 5. The number of likely N-dealkylation sites (N-methyl/N-ethyl adjacent to an activating group) is 1. The Morgan fingerprint density at radius 3 is 2.83 bits per heavy atom. The van der Waals surface area contributed by atoms with E-state index < -0.39 is 11.9 Å². The average molecular weight is 516 g/mol. The molecule has 4 atom stereocenters. The van der Waals surface area contributed by atoms with Gasteiger partial charge < -0.3 is 24.6 Å². The van der Waals surface area contributed by atoms with Crippen LogP contribution in [-0.4, -0.2) is 87.1 Å². The van der Waals surface area contributed by atoms with Crippen molar-refractivity contribution >= 4 is 34.5 Å². The molecule has 1 aliphatic carbocycles. The quantitative estimate of drug-likeness (QED) is 0.535. The van der Waals surface area contributed by atoms with Crippen molar-refractivity contribution in [2.75, 3.05) is 43.6 Å². The van der Waals surface area contributed by atoms with Crippen LogP contribution in [0.15, 0.2) is 18.3 Å². The smallest absolute Gasteiger partial charge is 0.223 e. The number of piperazine rings is 1. The first-order valence-corrected chi connectivity index (χ1v) is 12.9. The highest BCUT2D eigenvalue weighted by Gasteiger charge is 2.49. The number of aliphatic hydroxyl groups excluding tert-OH is 1. The Hall–Kier alpha value is -2.53. The van der Waals surface area contributed by atoms with Gasteiger partial charge in [-0.3, -0.25) is 4.90 Å². The summed E-state index contributed by atoms with van der Waals surface area (Å²) in [6, 6.07) is 4.17. The maximum absolute atomic E-state index is 15.5. The number of anilines is 2. The molecule has 2 aromatic heterocycles. The number of benzene rings is 1. The standard InChI is InChI=1S/C25H31ClFN7O2/c1-13(2)34-20-9-14(22-15(26)11-28-24(30-22)29-17-4-7-36-12-21(17)35)8-16(27)23(20)31-25(34)33-6-5-32(3)18-10-19(18)33/h8-9,11,13,17-19,21,35H,4-7,10,12H2,1-3H3,(H,28,29,30)/t17-,18+,19-,21-/m1/s1. The molecule has 4 heterocycles. The first-order valence-electron chi connectivity index (χ1n) is 12.6. The Balaban J connectivity index is 1.39. The van der Waals surface area contributed by atoms with Crippen molar-refractivity contribution < 1.29 is 14.2 Å². The van der Waals surface area contributed by atoms with Gasteiger partial charge in [0, 0.05) is 43.4 Å². The molecule has 1 aromatic carbocycles. The number of ether oxygens (including phenoxy) is 1. The highest BCUT2D eigenvalue weighted by atomic mass is 35.5. The van der Waals surface area contributed by atoms with Crippen LogP contribution in [-0.2, 0) is 4.74 Å². The second-order valence-corrected chi connectivity index (χ2v) is 10.7. The summed E-state index contributed by atoms with van der Waals surface area (Å²) in [5.41, 5.74) is 2.05. The molecule has 11 heteroatoms. The van der Waals surface area contributed by atoms with Crippen molar-refractivity contribution in [2.45, 2.75) is 57.0 Å². The van der Waals surface area contributed by atoms with E-state index >= 15 is 4.39 Å². The molecule has 9 nitrogen and oxygen atoms in total. The zero-order valence-corrected chi connectivity index (χ0v) is 21.4. The molecule has 6 rings (SSSR count). The summed E-state index contributed by atoms with van der Waals surface area (Å²) in [5.74, 6) is 0.742. The summed E-state index contributed by atoms with van der Waals surface area (Å²) in [5, 5.41) is 13.7.